The Balaban J connectivity index is 1.32. The van der Waals surface area contributed by atoms with Gasteiger partial charge in [0.15, 0.2) is 0 Å². The van der Waals surface area contributed by atoms with Gasteiger partial charge in [0.2, 0.25) is 11.8 Å². The van der Waals surface area contributed by atoms with E-state index in [-0.39, 0.29) is 22.6 Å². The summed E-state index contributed by atoms with van der Waals surface area (Å²) >= 11 is 0. The summed E-state index contributed by atoms with van der Waals surface area (Å²) in [5.74, 6) is -0.879. The van der Waals surface area contributed by atoms with Crippen LogP contribution in [0.3, 0.4) is 0 Å². The van der Waals surface area contributed by atoms with Crippen molar-refractivity contribution in [2.45, 2.75) is 89.1 Å². The van der Waals surface area contributed by atoms with Crippen LogP contribution in [0.25, 0.3) is 0 Å². The van der Waals surface area contributed by atoms with Gasteiger partial charge in [-0.2, -0.15) is 0 Å². The number of hydrogen-bond donors (Lipinski definition) is 2. The van der Waals surface area contributed by atoms with Crippen LogP contribution >= 0.6 is 0 Å². The lowest BCUT2D eigenvalue weighted by atomic mass is 9.43. The van der Waals surface area contributed by atoms with E-state index in [1.165, 1.54) is 0 Å². The summed E-state index contributed by atoms with van der Waals surface area (Å²) in [6, 6.07) is -1.40. The quantitative estimate of drug-likeness (QED) is 0.648. The third-order valence-corrected chi connectivity index (χ3v) is 9.07. The maximum atomic E-state index is 13.2. The van der Waals surface area contributed by atoms with Gasteiger partial charge in [0.25, 0.3) is 0 Å². The lowest BCUT2D eigenvalue weighted by molar-refractivity contribution is -0.161. The Kier molecular flexibility index (Phi) is 5.25. The Morgan fingerprint density at radius 2 is 1.12 bits per heavy atom. The molecule has 6 rings (SSSR count). The van der Waals surface area contributed by atoms with Gasteiger partial charge in [-0.3, -0.25) is 9.59 Å². The fourth-order valence-electron chi connectivity index (χ4n) is 8.55. The highest BCUT2D eigenvalue weighted by Gasteiger charge is 2.59. The maximum absolute atomic E-state index is 13.2. The van der Waals surface area contributed by atoms with Gasteiger partial charge in [0.05, 0.1) is 0 Å². The second kappa shape index (κ2) is 7.73. The molecular formula is C24H34N2O6. The number of carbonyl (C=O) groups excluding carboxylic acids is 2. The van der Waals surface area contributed by atoms with Crippen molar-refractivity contribution >= 4 is 23.8 Å². The fourth-order valence-corrected chi connectivity index (χ4v) is 8.55. The SMILES string of the molecule is O=C(O)[C@@H]1CCCN1C(=O)CC12CC3CC(C1)CC(CC(=O)N1CCC[C@H]1C(=O)O)(C3)C2. The molecular weight excluding hydrogens is 412 g/mol. The summed E-state index contributed by atoms with van der Waals surface area (Å²) in [6.07, 6.45) is 9.29. The Morgan fingerprint density at radius 1 is 0.719 bits per heavy atom. The van der Waals surface area contributed by atoms with E-state index in [0.29, 0.717) is 50.6 Å². The number of hydrogen-bond acceptors (Lipinski definition) is 4. The topological polar surface area (TPSA) is 115 Å². The van der Waals surface area contributed by atoms with Crippen LogP contribution in [-0.2, 0) is 19.2 Å². The number of rotatable bonds is 6. The fraction of sp³-hybridized carbons (Fsp3) is 0.833. The summed E-state index contributed by atoms with van der Waals surface area (Å²) in [5.41, 5.74) is -0.269. The van der Waals surface area contributed by atoms with Gasteiger partial charge in [-0.1, -0.05) is 0 Å². The van der Waals surface area contributed by atoms with E-state index in [2.05, 4.69) is 0 Å². The molecule has 2 N–H and O–H groups in total. The standard InChI is InChI=1S/C24H34N2O6/c27-19(25-5-1-3-17(25)21(29)30)12-23-8-15-7-16(9-23)11-24(10-15,14-23)13-20(28)26-6-2-4-18(26)22(31)32/h15-18H,1-14H2,(H,29,30)(H,31,32)/t15?,16?,17-,18-,23?,24?/m0/s1. The minimum atomic E-state index is -0.915. The van der Waals surface area contributed by atoms with Crippen LogP contribution in [-0.4, -0.2) is 68.9 Å². The van der Waals surface area contributed by atoms with Crippen LogP contribution in [0.1, 0.15) is 77.0 Å². The van der Waals surface area contributed by atoms with E-state index in [0.717, 1.165) is 51.4 Å². The van der Waals surface area contributed by atoms with Crippen LogP contribution < -0.4 is 0 Å². The predicted octanol–water partition coefficient (Wildman–Crippen LogP) is 2.50. The van der Waals surface area contributed by atoms with E-state index in [1.54, 1.807) is 9.80 Å². The van der Waals surface area contributed by atoms with E-state index < -0.39 is 24.0 Å². The molecule has 176 valence electrons. The predicted molar refractivity (Wildman–Crippen MR) is 114 cm³/mol. The molecule has 32 heavy (non-hydrogen) atoms. The molecule has 2 saturated heterocycles. The summed E-state index contributed by atoms with van der Waals surface area (Å²) < 4.78 is 0. The highest BCUT2D eigenvalue weighted by atomic mass is 16.4. The summed E-state index contributed by atoms with van der Waals surface area (Å²) in [6.45, 7) is 1.04. The van der Waals surface area contributed by atoms with E-state index >= 15 is 0 Å². The summed E-state index contributed by atoms with van der Waals surface area (Å²) in [4.78, 5) is 52.7. The molecule has 2 aliphatic heterocycles. The Morgan fingerprint density at radius 3 is 1.50 bits per heavy atom. The van der Waals surface area contributed by atoms with Crippen molar-refractivity contribution in [3.63, 3.8) is 0 Å². The zero-order valence-corrected chi connectivity index (χ0v) is 18.6. The number of carboxylic acid groups (broad SMARTS) is 2. The molecule has 8 nitrogen and oxygen atoms in total. The third-order valence-electron chi connectivity index (χ3n) is 9.07. The van der Waals surface area contributed by atoms with E-state index in [9.17, 15) is 29.4 Å². The number of carboxylic acids is 2. The van der Waals surface area contributed by atoms with Crippen molar-refractivity contribution in [3.8, 4) is 0 Å². The van der Waals surface area contributed by atoms with Crippen LogP contribution in [0.15, 0.2) is 0 Å². The average Bonchev–Trinajstić information content (AvgIpc) is 3.36. The van der Waals surface area contributed by atoms with Crippen molar-refractivity contribution in [1.29, 1.82) is 0 Å². The molecule has 0 aromatic carbocycles. The molecule has 8 heteroatoms. The molecule has 6 aliphatic rings. The Labute approximate surface area is 188 Å². The molecule has 0 spiro atoms. The smallest absolute Gasteiger partial charge is 0.326 e. The molecule has 6 fully saturated rings. The normalized spacial score (nSPS) is 40.1. The number of carbonyl (C=O) groups is 4. The first-order chi connectivity index (χ1) is 15.2. The molecule has 2 heterocycles. The number of likely N-dealkylation sites (tertiary alicyclic amines) is 2. The highest BCUT2D eigenvalue weighted by molar-refractivity contribution is 5.85. The second-order valence-corrected chi connectivity index (χ2v) is 11.5. The van der Waals surface area contributed by atoms with Gasteiger partial charge in [-0.25, -0.2) is 9.59 Å². The number of nitrogens with zero attached hydrogens (tertiary/aromatic N) is 2. The first kappa shape index (κ1) is 21.7. The van der Waals surface area contributed by atoms with Crippen LogP contribution in [0.2, 0.25) is 0 Å². The number of amides is 2. The largest absolute Gasteiger partial charge is 0.480 e. The molecule has 0 unspecified atom stereocenters. The minimum absolute atomic E-state index is 0.0381. The Hall–Kier alpha value is -2.12. The van der Waals surface area contributed by atoms with Gasteiger partial charge in [-0.15, -0.1) is 0 Å². The molecule has 0 radical (unpaired) electrons. The van der Waals surface area contributed by atoms with Crippen LogP contribution in [0.5, 0.6) is 0 Å². The molecule has 4 bridgehead atoms. The van der Waals surface area contributed by atoms with Crippen molar-refractivity contribution in [2.24, 2.45) is 22.7 Å². The van der Waals surface area contributed by atoms with Gasteiger partial charge < -0.3 is 20.0 Å². The molecule has 0 aromatic heterocycles. The molecule has 2 amide bonds. The summed E-state index contributed by atoms with van der Waals surface area (Å²) in [5, 5.41) is 19.0. The molecule has 2 atom stereocenters. The second-order valence-electron chi connectivity index (χ2n) is 11.5. The van der Waals surface area contributed by atoms with E-state index in [1.807, 2.05) is 0 Å². The molecule has 4 saturated carbocycles. The monoisotopic (exact) mass is 446 g/mol. The van der Waals surface area contributed by atoms with Crippen LogP contribution in [0, 0.1) is 22.7 Å². The maximum Gasteiger partial charge on any atom is 0.326 e. The third kappa shape index (κ3) is 3.69. The van der Waals surface area contributed by atoms with Crippen molar-refractivity contribution in [2.75, 3.05) is 13.1 Å². The van der Waals surface area contributed by atoms with Crippen molar-refractivity contribution in [1.82, 2.24) is 9.80 Å². The Bertz CT molecular complexity index is 762. The average molecular weight is 447 g/mol. The van der Waals surface area contributed by atoms with Crippen molar-refractivity contribution < 1.29 is 29.4 Å². The first-order valence-electron chi connectivity index (χ1n) is 12.2. The van der Waals surface area contributed by atoms with E-state index in [4.69, 9.17) is 0 Å². The zero-order valence-electron chi connectivity index (χ0n) is 18.6. The van der Waals surface area contributed by atoms with Gasteiger partial charge in [0.1, 0.15) is 12.1 Å². The first-order valence-corrected chi connectivity index (χ1v) is 12.2. The van der Waals surface area contributed by atoms with Gasteiger partial charge in [-0.05, 0) is 86.9 Å². The lowest BCUT2D eigenvalue weighted by Crippen LogP contribution is -2.55. The van der Waals surface area contributed by atoms with Crippen LogP contribution in [0.4, 0.5) is 0 Å². The van der Waals surface area contributed by atoms with Gasteiger partial charge >= 0.3 is 11.9 Å². The highest BCUT2D eigenvalue weighted by Crippen LogP contribution is 2.67. The molecule has 4 aliphatic carbocycles. The summed E-state index contributed by atoms with van der Waals surface area (Å²) in [7, 11) is 0. The lowest BCUT2D eigenvalue weighted by Gasteiger charge is -2.62. The zero-order chi connectivity index (χ0) is 22.7. The molecule has 0 aromatic rings. The van der Waals surface area contributed by atoms with Crippen molar-refractivity contribution in [3.05, 3.63) is 0 Å². The number of aliphatic carboxylic acids is 2. The minimum Gasteiger partial charge on any atom is -0.480 e. The van der Waals surface area contributed by atoms with Gasteiger partial charge in [0, 0.05) is 25.9 Å².